The Labute approximate surface area is 131 Å². The van der Waals surface area contributed by atoms with Crippen LogP contribution in [0.15, 0.2) is 18.2 Å². The molecule has 120 valence electrons. The van der Waals surface area contributed by atoms with Crippen LogP contribution in [0.1, 0.15) is 50.6 Å². The van der Waals surface area contributed by atoms with Crippen molar-refractivity contribution in [3.8, 4) is 11.5 Å². The van der Waals surface area contributed by atoms with Crippen molar-refractivity contribution in [2.45, 2.75) is 50.6 Å². The van der Waals surface area contributed by atoms with Crippen molar-refractivity contribution in [2.24, 2.45) is 5.73 Å². The number of nitrogens with one attached hydrogen (secondary N) is 1. The quantitative estimate of drug-likeness (QED) is 0.898. The highest BCUT2D eigenvalue weighted by atomic mass is 16.6. The summed E-state index contributed by atoms with van der Waals surface area (Å²) >= 11 is 0. The van der Waals surface area contributed by atoms with E-state index in [0.717, 1.165) is 42.7 Å². The Balaban J connectivity index is 1.68. The number of fused-ring (bicyclic) bond motifs is 1. The molecule has 0 bridgehead atoms. The van der Waals surface area contributed by atoms with Crippen molar-refractivity contribution < 1.29 is 14.3 Å². The number of hydrogen-bond donors (Lipinski definition) is 2. The van der Waals surface area contributed by atoms with Crippen LogP contribution in [0.3, 0.4) is 0 Å². The SMILES string of the molecule is CC(NC(=O)C1(N)CCCCC1)c1ccc2c(c1)OCCO2. The molecule has 1 aliphatic heterocycles. The van der Waals surface area contributed by atoms with Gasteiger partial charge in [0, 0.05) is 0 Å². The molecule has 1 aromatic carbocycles. The monoisotopic (exact) mass is 304 g/mol. The topological polar surface area (TPSA) is 73.6 Å². The van der Waals surface area contributed by atoms with E-state index in [1.807, 2.05) is 25.1 Å². The lowest BCUT2D eigenvalue weighted by Gasteiger charge is -2.33. The Kier molecular flexibility index (Phi) is 4.25. The number of amides is 1. The van der Waals surface area contributed by atoms with Gasteiger partial charge in [0.15, 0.2) is 11.5 Å². The summed E-state index contributed by atoms with van der Waals surface area (Å²) in [6.07, 6.45) is 4.77. The van der Waals surface area contributed by atoms with Crippen molar-refractivity contribution in [1.29, 1.82) is 0 Å². The third-order valence-corrected chi connectivity index (χ3v) is 4.61. The molecule has 0 aromatic heterocycles. The molecule has 3 N–H and O–H groups in total. The maximum Gasteiger partial charge on any atom is 0.240 e. The third kappa shape index (κ3) is 3.04. The van der Waals surface area contributed by atoms with Crippen molar-refractivity contribution in [3.05, 3.63) is 23.8 Å². The maximum atomic E-state index is 12.5. The average Bonchev–Trinajstić information content (AvgIpc) is 2.55. The Morgan fingerprint density at radius 2 is 1.86 bits per heavy atom. The van der Waals surface area contributed by atoms with Crippen LogP contribution in [0, 0.1) is 0 Å². The molecule has 1 aliphatic carbocycles. The van der Waals surface area contributed by atoms with Crippen molar-refractivity contribution in [2.75, 3.05) is 13.2 Å². The van der Waals surface area contributed by atoms with Gasteiger partial charge in [-0.15, -0.1) is 0 Å². The predicted molar refractivity (Wildman–Crippen MR) is 84.0 cm³/mol. The van der Waals surface area contributed by atoms with Crippen LogP contribution in [0.2, 0.25) is 0 Å². The summed E-state index contributed by atoms with van der Waals surface area (Å²) in [5.41, 5.74) is 6.57. The minimum Gasteiger partial charge on any atom is -0.486 e. The molecule has 1 saturated carbocycles. The van der Waals surface area contributed by atoms with Crippen LogP contribution < -0.4 is 20.5 Å². The minimum atomic E-state index is -0.708. The van der Waals surface area contributed by atoms with E-state index in [1.54, 1.807) is 0 Å². The molecule has 0 saturated heterocycles. The van der Waals surface area contributed by atoms with Crippen LogP contribution in [-0.4, -0.2) is 24.7 Å². The van der Waals surface area contributed by atoms with Crippen molar-refractivity contribution >= 4 is 5.91 Å². The van der Waals surface area contributed by atoms with Gasteiger partial charge < -0.3 is 20.5 Å². The standard InChI is InChI=1S/C17H24N2O3/c1-12(19-16(20)17(18)7-3-2-4-8-17)13-5-6-14-15(11-13)22-10-9-21-14/h5-6,11-12H,2-4,7-10,18H2,1H3,(H,19,20). The molecule has 1 fully saturated rings. The van der Waals surface area contributed by atoms with E-state index in [-0.39, 0.29) is 11.9 Å². The number of carbonyl (C=O) groups excluding carboxylic acids is 1. The van der Waals surface area contributed by atoms with Crippen LogP contribution in [0.25, 0.3) is 0 Å². The third-order valence-electron chi connectivity index (χ3n) is 4.61. The minimum absolute atomic E-state index is 0.0467. The summed E-state index contributed by atoms with van der Waals surface area (Å²) in [4.78, 5) is 12.5. The number of benzene rings is 1. The fourth-order valence-electron chi connectivity index (χ4n) is 3.16. The van der Waals surface area contributed by atoms with E-state index in [1.165, 1.54) is 6.42 Å². The lowest BCUT2D eigenvalue weighted by molar-refractivity contribution is -0.128. The van der Waals surface area contributed by atoms with Crippen molar-refractivity contribution in [1.82, 2.24) is 5.32 Å². The lowest BCUT2D eigenvalue weighted by atomic mass is 9.81. The number of carbonyl (C=O) groups is 1. The maximum absolute atomic E-state index is 12.5. The van der Waals surface area contributed by atoms with E-state index in [9.17, 15) is 4.79 Å². The second-order valence-corrected chi connectivity index (χ2v) is 6.32. The fraction of sp³-hybridized carbons (Fsp3) is 0.588. The first-order valence-electron chi connectivity index (χ1n) is 8.08. The Morgan fingerprint density at radius 1 is 1.18 bits per heavy atom. The van der Waals surface area contributed by atoms with Gasteiger partial charge in [0.25, 0.3) is 0 Å². The number of hydrogen-bond acceptors (Lipinski definition) is 4. The average molecular weight is 304 g/mol. The molecular formula is C17H24N2O3. The molecule has 0 radical (unpaired) electrons. The summed E-state index contributed by atoms with van der Waals surface area (Å²) in [6, 6.07) is 5.68. The summed E-state index contributed by atoms with van der Waals surface area (Å²) in [7, 11) is 0. The summed E-state index contributed by atoms with van der Waals surface area (Å²) < 4.78 is 11.1. The number of rotatable bonds is 3. The Bertz CT molecular complexity index is 553. The zero-order chi connectivity index (χ0) is 15.6. The van der Waals surface area contributed by atoms with E-state index in [0.29, 0.717) is 13.2 Å². The first-order chi connectivity index (χ1) is 10.6. The van der Waals surface area contributed by atoms with Gasteiger partial charge in [0.1, 0.15) is 13.2 Å². The molecule has 1 atom stereocenters. The fourth-order valence-corrected chi connectivity index (χ4v) is 3.16. The normalized spacial score (nSPS) is 21.0. The van der Waals surface area contributed by atoms with Gasteiger partial charge in [0.2, 0.25) is 5.91 Å². The van der Waals surface area contributed by atoms with Gasteiger partial charge in [-0.3, -0.25) is 4.79 Å². The predicted octanol–water partition coefficient (Wildman–Crippen LogP) is 2.30. The molecule has 5 nitrogen and oxygen atoms in total. The largest absolute Gasteiger partial charge is 0.486 e. The van der Waals surface area contributed by atoms with E-state index >= 15 is 0 Å². The zero-order valence-electron chi connectivity index (χ0n) is 13.1. The first kappa shape index (κ1) is 15.2. The second-order valence-electron chi connectivity index (χ2n) is 6.32. The molecule has 22 heavy (non-hydrogen) atoms. The van der Waals surface area contributed by atoms with Gasteiger partial charge in [-0.1, -0.05) is 25.3 Å². The summed E-state index contributed by atoms with van der Waals surface area (Å²) in [6.45, 7) is 3.10. The molecular weight excluding hydrogens is 280 g/mol. The molecule has 2 aliphatic rings. The molecule has 0 spiro atoms. The van der Waals surface area contributed by atoms with Gasteiger partial charge in [-0.05, 0) is 37.5 Å². The van der Waals surface area contributed by atoms with E-state index in [2.05, 4.69) is 5.32 Å². The highest BCUT2D eigenvalue weighted by Gasteiger charge is 2.35. The molecule has 5 heteroatoms. The smallest absolute Gasteiger partial charge is 0.240 e. The molecule has 1 amide bonds. The first-order valence-corrected chi connectivity index (χ1v) is 8.08. The Morgan fingerprint density at radius 3 is 2.59 bits per heavy atom. The molecule has 1 aromatic rings. The molecule has 1 unspecified atom stereocenters. The summed E-state index contributed by atoms with van der Waals surface area (Å²) in [5.74, 6) is 1.45. The van der Waals surface area contributed by atoms with Gasteiger partial charge in [-0.25, -0.2) is 0 Å². The van der Waals surface area contributed by atoms with Gasteiger partial charge in [0.05, 0.1) is 11.6 Å². The number of nitrogens with two attached hydrogens (primary N) is 1. The Hall–Kier alpha value is -1.75. The van der Waals surface area contributed by atoms with Crippen LogP contribution in [-0.2, 0) is 4.79 Å². The molecule has 1 heterocycles. The highest BCUT2D eigenvalue weighted by molar-refractivity contribution is 5.86. The van der Waals surface area contributed by atoms with E-state index < -0.39 is 5.54 Å². The van der Waals surface area contributed by atoms with Crippen LogP contribution >= 0.6 is 0 Å². The second kappa shape index (κ2) is 6.16. The summed E-state index contributed by atoms with van der Waals surface area (Å²) in [5, 5.41) is 3.05. The van der Waals surface area contributed by atoms with Crippen LogP contribution in [0.5, 0.6) is 11.5 Å². The van der Waals surface area contributed by atoms with Crippen molar-refractivity contribution in [3.63, 3.8) is 0 Å². The van der Waals surface area contributed by atoms with Gasteiger partial charge >= 0.3 is 0 Å². The highest BCUT2D eigenvalue weighted by Crippen LogP contribution is 2.33. The van der Waals surface area contributed by atoms with E-state index in [4.69, 9.17) is 15.2 Å². The lowest BCUT2D eigenvalue weighted by Crippen LogP contribution is -2.55. The van der Waals surface area contributed by atoms with Crippen LogP contribution in [0.4, 0.5) is 0 Å². The van der Waals surface area contributed by atoms with Gasteiger partial charge in [-0.2, -0.15) is 0 Å². The molecule has 3 rings (SSSR count). The number of ether oxygens (including phenoxy) is 2. The zero-order valence-corrected chi connectivity index (χ0v) is 13.1.